The molecule has 2 aromatic rings. The molecule has 2 fully saturated rings. The number of aromatic nitrogens is 1. The molecule has 2 aliphatic heterocycles. The summed E-state index contributed by atoms with van der Waals surface area (Å²) in [5, 5.41) is 0.584. The van der Waals surface area contributed by atoms with E-state index >= 15 is 0 Å². The molecule has 1 saturated carbocycles. The van der Waals surface area contributed by atoms with Gasteiger partial charge >= 0.3 is 5.97 Å². The zero-order valence-electron chi connectivity index (χ0n) is 19.1. The predicted octanol–water partition coefficient (Wildman–Crippen LogP) is 5.79. The minimum atomic E-state index is -0.562. The highest BCUT2D eigenvalue weighted by atomic mass is 35.5. The smallest absolute Gasteiger partial charge is 0.344 e. The van der Waals surface area contributed by atoms with Crippen molar-refractivity contribution < 1.29 is 19.0 Å². The molecule has 1 atom stereocenters. The van der Waals surface area contributed by atoms with Crippen LogP contribution >= 0.6 is 23.4 Å². The Labute approximate surface area is 202 Å². The van der Waals surface area contributed by atoms with Crippen LogP contribution in [0.4, 0.5) is 0 Å². The Morgan fingerprint density at radius 2 is 1.91 bits per heavy atom. The molecule has 5 rings (SSSR count). The molecule has 1 aliphatic carbocycles. The summed E-state index contributed by atoms with van der Waals surface area (Å²) in [4.78, 5) is 27.2. The highest BCUT2D eigenvalue weighted by molar-refractivity contribution is 7.99. The van der Waals surface area contributed by atoms with Gasteiger partial charge in [-0.05, 0) is 57.4 Å². The van der Waals surface area contributed by atoms with Crippen molar-refractivity contribution in [2.24, 2.45) is 0 Å². The number of benzene rings is 1. The van der Waals surface area contributed by atoms with Gasteiger partial charge in [0.2, 0.25) is 0 Å². The molecule has 176 valence electrons. The average Bonchev–Trinajstić information content (AvgIpc) is 3.60. The molecule has 0 amide bonds. The largest absolute Gasteiger partial charge is 0.489 e. The summed E-state index contributed by atoms with van der Waals surface area (Å²) < 4.78 is 18.8. The van der Waals surface area contributed by atoms with E-state index in [1.807, 2.05) is 12.1 Å². The fourth-order valence-corrected chi connectivity index (χ4v) is 5.84. The maximum Gasteiger partial charge on any atom is 0.344 e. The first kappa shape index (κ1) is 22.8. The number of pyridine rings is 1. The first-order valence-electron chi connectivity index (χ1n) is 11.6. The molecule has 0 spiro atoms. The van der Waals surface area contributed by atoms with Crippen LogP contribution in [0.5, 0.6) is 5.75 Å². The summed E-state index contributed by atoms with van der Waals surface area (Å²) in [6.45, 7) is 7.06. The van der Waals surface area contributed by atoms with Crippen molar-refractivity contribution in [2.45, 2.75) is 74.8 Å². The molecule has 1 unspecified atom stereocenters. The number of carbonyl (C=O) groups is 1. The van der Waals surface area contributed by atoms with Crippen molar-refractivity contribution >= 4 is 29.3 Å². The van der Waals surface area contributed by atoms with Crippen LogP contribution in [-0.4, -0.2) is 36.0 Å². The van der Waals surface area contributed by atoms with Gasteiger partial charge in [-0.15, -0.1) is 11.8 Å². The van der Waals surface area contributed by atoms with E-state index in [4.69, 9.17) is 25.8 Å². The molecule has 0 radical (unpaired) electrons. The zero-order valence-corrected chi connectivity index (χ0v) is 20.6. The summed E-state index contributed by atoms with van der Waals surface area (Å²) in [5.74, 6) is 0.108. The van der Waals surface area contributed by atoms with Crippen molar-refractivity contribution in [3.8, 4) is 17.0 Å². The Morgan fingerprint density at radius 1 is 1.18 bits per heavy atom. The first-order chi connectivity index (χ1) is 15.8. The topological polar surface area (TPSA) is 66.8 Å². The van der Waals surface area contributed by atoms with Crippen LogP contribution in [0.1, 0.15) is 73.7 Å². The number of fused-ring (bicyclic) bond motifs is 3. The Morgan fingerprint density at radius 3 is 2.58 bits per heavy atom. The number of hydrogen-bond donors (Lipinski definition) is 0. The van der Waals surface area contributed by atoms with Crippen LogP contribution in [0.2, 0.25) is 5.02 Å². The normalized spacial score (nSPS) is 20.3. The fourth-order valence-electron chi connectivity index (χ4n) is 4.49. The minimum absolute atomic E-state index is 0.0563. The molecular formula is C25H28ClNO5S. The van der Waals surface area contributed by atoms with Gasteiger partial charge in [0.15, 0.2) is 0 Å². The van der Waals surface area contributed by atoms with Gasteiger partial charge in [0.25, 0.3) is 5.56 Å². The number of rotatable bonds is 5. The molecule has 0 N–H and O–H groups in total. The molecule has 1 saturated heterocycles. The number of hydrogen-bond acceptors (Lipinski definition) is 6. The third kappa shape index (κ3) is 4.43. The maximum atomic E-state index is 13.5. The Kier molecular flexibility index (Phi) is 6.23. The predicted molar refractivity (Wildman–Crippen MR) is 129 cm³/mol. The van der Waals surface area contributed by atoms with E-state index in [1.165, 1.54) is 0 Å². The van der Waals surface area contributed by atoms with Crippen molar-refractivity contribution in [2.75, 3.05) is 13.2 Å². The highest BCUT2D eigenvalue weighted by Crippen LogP contribution is 2.53. The van der Waals surface area contributed by atoms with Gasteiger partial charge in [0.05, 0.1) is 30.0 Å². The van der Waals surface area contributed by atoms with E-state index in [1.54, 1.807) is 36.2 Å². The summed E-state index contributed by atoms with van der Waals surface area (Å²) >= 11 is 8.37. The van der Waals surface area contributed by atoms with E-state index in [9.17, 15) is 9.59 Å². The van der Waals surface area contributed by atoms with Gasteiger partial charge in [-0.3, -0.25) is 4.79 Å². The third-order valence-corrected chi connectivity index (χ3v) is 7.73. The van der Waals surface area contributed by atoms with Gasteiger partial charge in [-0.1, -0.05) is 11.6 Å². The summed E-state index contributed by atoms with van der Waals surface area (Å²) in [7, 11) is 0. The number of carbonyl (C=O) groups excluding carboxylic acids is 1. The lowest BCUT2D eigenvalue weighted by Gasteiger charge is -2.30. The summed E-state index contributed by atoms with van der Waals surface area (Å²) in [6, 6.07) is 5.73. The van der Waals surface area contributed by atoms with Crippen LogP contribution < -0.4 is 10.3 Å². The minimum Gasteiger partial charge on any atom is -0.489 e. The van der Waals surface area contributed by atoms with Crippen molar-refractivity contribution in [3.63, 3.8) is 0 Å². The average molecular weight is 490 g/mol. The second-order valence-electron chi connectivity index (χ2n) is 9.19. The summed E-state index contributed by atoms with van der Waals surface area (Å²) in [5.41, 5.74) is 2.57. The zero-order chi connectivity index (χ0) is 23.3. The van der Waals surface area contributed by atoms with E-state index in [0.717, 1.165) is 47.4 Å². The lowest BCUT2D eigenvalue weighted by Crippen LogP contribution is -2.31. The van der Waals surface area contributed by atoms with E-state index < -0.39 is 5.97 Å². The molecule has 0 bridgehead atoms. The van der Waals surface area contributed by atoms with Crippen molar-refractivity contribution in [1.29, 1.82) is 0 Å². The third-order valence-electron chi connectivity index (χ3n) is 6.23. The SMILES string of the molecule is CC(C)OC(=O)c1cc2c(n(C3CC3)c1=O)-c1cc(Cl)c(OC3CCOCC3)cc1SC2C. The van der Waals surface area contributed by atoms with Crippen LogP contribution in [0, 0.1) is 0 Å². The number of halogens is 1. The highest BCUT2D eigenvalue weighted by Gasteiger charge is 2.36. The monoisotopic (exact) mass is 489 g/mol. The standard InChI is InChI=1S/C25H28ClNO5S/c1-13(2)31-25(29)19-10-17-14(3)33-22-12-21(32-16-6-8-30-9-7-16)20(26)11-18(22)23(17)27(24(19)28)15-4-5-15/h10-16H,4-9H2,1-3H3. The molecule has 3 aliphatic rings. The molecule has 3 heterocycles. The van der Waals surface area contributed by atoms with Crippen molar-refractivity contribution in [1.82, 2.24) is 4.57 Å². The number of esters is 1. The van der Waals surface area contributed by atoms with Gasteiger partial charge in [-0.2, -0.15) is 0 Å². The van der Waals surface area contributed by atoms with E-state index in [2.05, 4.69) is 6.92 Å². The fraction of sp³-hybridized carbons (Fsp3) is 0.520. The van der Waals surface area contributed by atoms with Gasteiger partial charge in [0.1, 0.15) is 17.4 Å². The van der Waals surface area contributed by atoms with Crippen LogP contribution in [0.3, 0.4) is 0 Å². The molecule has 6 nitrogen and oxygen atoms in total. The number of ether oxygens (including phenoxy) is 3. The second-order valence-corrected chi connectivity index (χ2v) is 11.0. The second kappa shape index (κ2) is 9.01. The molecule has 8 heteroatoms. The Hall–Kier alpha value is -1.96. The first-order valence-corrected chi connectivity index (χ1v) is 12.8. The van der Waals surface area contributed by atoms with Gasteiger partial charge in [0, 0.05) is 34.6 Å². The summed E-state index contributed by atoms with van der Waals surface area (Å²) in [6.07, 6.45) is 3.33. The van der Waals surface area contributed by atoms with E-state index in [-0.39, 0.29) is 34.6 Å². The van der Waals surface area contributed by atoms with Crippen molar-refractivity contribution in [3.05, 3.63) is 44.7 Å². The number of nitrogens with zero attached hydrogens (tertiary/aromatic N) is 1. The Bertz CT molecular complexity index is 1150. The number of thioether (sulfide) groups is 1. The Balaban J connectivity index is 1.61. The quantitative estimate of drug-likeness (QED) is 0.495. The van der Waals surface area contributed by atoms with Crippen LogP contribution in [-0.2, 0) is 9.47 Å². The van der Waals surface area contributed by atoms with Gasteiger partial charge in [-0.25, -0.2) is 4.79 Å². The lowest BCUT2D eigenvalue weighted by molar-refractivity contribution is 0.0255. The van der Waals surface area contributed by atoms with Crippen LogP contribution in [0.25, 0.3) is 11.3 Å². The van der Waals surface area contributed by atoms with E-state index in [0.29, 0.717) is 24.0 Å². The lowest BCUT2D eigenvalue weighted by atomic mass is 9.99. The molecule has 1 aromatic carbocycles. The maximum absolute atomic E-state index is 13.5. The molecule has 33 heavy (non-hydrogen) atoms. The van der Waals surface area contributed by atoms with Gasteiger partial charge < -0.3 is 18.8 Å². The molecule has 1 aromatic heterocycles. The molecular weight excluding hydrogens is 462 g/mol. The van der Waals surface area contributed by atoms with Crippen LogP contribution in [0.15, 0.2) is 27.9 Å².